The highest BCUT2D eigenvalue weighted by Crippen LogP contribution is 2.30. The van der Waals surface area contributed by atoms with Crippen molar-refractivity contribution < 1.29 is 19.1 Å². The monoisotopic (exact) mass is 337 g/mol. The van der Waals surface area contributed by atoms with Crippen molar-refractivity contribution in [3.05, 3.63) is 18.2 Å². The fourth-order valence-electron chi connectivity index (χ4n) is 1.92. The molecule has 1 aromatic rings. The van der Waals surface area contributed by atoms with E-state index in [1.54, 1.807) is 32.0 Å². The largest absolute Gasteiger partial charge is 0.493 e. The van der Waals surface area contributed by atoms with Gasteiger partial charge in [0.05, 0.1) is 14.2 Å². The lowest BCUT2D eigenvalue weighted by Gasteiger charge is -2.23. The maximum Gasteiger partial charge on any atom is 0.239 e. The van der Waals surface area contributed by atoms with Crippen LogP contribution in [0.25, 0.3) is 0 Å². The summed E-state index contributed by atoms with van der Waals surface area (Å²) < 4.78 is 10.4. The normalized spacial score (nSPS) is 11.1. The highest BCUT2D eigenvalue weighted by Gasteiger charge is 2.36. The average Bonchev–Trinajstić information content (AvgIpc) is 2.53. The molecule has 134 valence electrons. The fraction of sp³-hybridized carbons (Fsp3) is 0.529. The van der Waals surface area contributed by atoms with Crippen LogP contribution in [-0.2, 0) is 9.59 Å². The Bertz CT molecular complexity index is 585. The Labute approximate surface area is 143 Å². The number of hydrogen-bond acceptors (Lipinski definition) is 5. The van der Waals surface area contributed by atoms with Crippen LogP contribution in [0.5, 0.6) is 11.5 Å². The highest BCUT2D eigenvalue weighted by atomic mass is 16.5. The van der Waals surface area contributed by atoms with E-state index < -0.39 is 11.3 Å². The smallest absolute Gasteiger partial charge is 0.239 e. The van der Waals surface area contributed by atoms with Crippen molar-refractivity contribution in [3.8, 4) is 11.5 Å². The summed E-state index contributed by atoms with van der Waals surface area (Å²) in [6, 6.07) is 5.04. The predicted molar refractivity (Wildman–Crippen MR) is 93.5 cm³/mol. The minimum absolute atomic E-state index is 0.317. The predicted octanol–water partition coefficient (Wildman–Crippen LogP) is 1.35. The Morgan fingerprint density at radius 1 is 1.08 bits per heavy atom. The third-order valence-electron chi connectivity index (χ3n) is 3.62. The number of rotatable bonds is 8. The van der Waals surface area contributed by atoms with Crippen LogP contribution in [0.2, 0.25) is 0 Å². The van der Waals surface area contributed by atoms with Gasteiger partial charge in [0.25, 0.3) is 0 Å². The van der Waals surface area contributed by atoms with Gasteiger partial charge >= 0.3 is 0 Å². The second-order valence-electron chi connectivity index (χ2n) is 6.21. The van der Waals surface area contributed by atoms with Gasteiger partial charge in [-0.2, -0.15) is 0 Å². The Morgan fingerprint density at radius 2 is 1.71 bits per heavy atom. The summed E-state index contributed by atoms with van der Waals surface area (Å²) in [6.07, 6.45) is 0. The minimum Gasteiger partial charge on any atom is -0.493 e. The zero-order chi connectivity index (χ0) is 18.3. The first-order chi connectivity index (χ1) is 11.2. The molecule has 0 aromatic heterocycles. The Kier molecular flexibility index (Phi) is 7.03. The second-order valence-corrected chi connectivity index (χ2v) is 6.21. The number of ether oxygens (including phenoxy) is 2. The first-order valence-corrected chi connectivity index (χ1v) is 7.69. The van der Waals surface area contributed by atoms with E-state index in [0.29, 0.717) is 30.3 Å². The van der Waals surface area contributed by atoms with Crippen LogP contribution < -0.4 is 20.1 Å². The average molecular weight is 337 g/mol. The standard InChI is InChI=1S/C17H27N3O4/c1-17(2,15(21)18-9-10-20(3)4)16(22)19-12-7-8-13(23-5)14(11-12)24-6/h7-8,11H,9-10H2,1-6H3,(H,18,21)(H,19,22). The molecule has 0 saturated carbocycles. The molecule has 24 heavy (non-hydrogen) atoms. The quantitative estimate of drug-likeness (QED) is 0.700. The molecular formula is C17H27N3O4. The van der Waals surface area contributed by atoms with Crippen molar-refractivity contribution in [2.75, 3.05) is 46.7 Å². The van der Waals surface area contributed by atoms with Crippen molar-refractivity contribution in [2.24, 2.45) is 5.41 Å². The van der Waals surface area contributed by atoms with Gasteiger partial charge in [-0.3, -0.25) is 9.59 Å². The molecule has 0 unspecified atom stereocenters. The van der Waals surface area contributed by atoms with Crippen LogP contribution in [0.4, 0.5) is 5.69 Å². The highest BCUT2D eigenvalue weighted by molar-refractivity contribution is 6.09. The lowest BCUT2D eigenvalue weighted by molar-refractivity contribution is -0.138. The number of hydrogen-bond donors (Lipinski definition) is 2. The molecule has 2 N–H and O–H groups in total. The van der Waals surface area contributed by atoms with Crippen LogP contribution in [0.3, 0.4) is 0 Å². The van der Waals surface area contributed by atoms with Gasteiger partial charge in [0.1, 0.15) is 5.41 Å². The zero-order valence-corrected chi connectivity index (χ0v) is 15.2. The van der Waals surface area contributed by atoms with E-state index in [1.165, 1.54) is 14.2 Å². The first kappa shape index (κ1) is 19.8. The molecule has 0 bridgehead atoms. The molecule has 0 heterocycles. The number of benzene rings is 1. The van der Waals surface area contributed by atoms with Crippen LogP contribution in [0, 0.1) is 5.41 Å². The Morgan fingerprint density at radius 3 is 2.25 bits per heavy atom. The number of likely N-dealkylation sites (N-methyl/N-ethyl adjacent to an activating group) is 1. The van der Waals surface area contributed by atoms with Gasteiger partial charge in [0.2, 0.25) is 11.8 Å². The fourth-order valence-corrected chi connectivity index (χ4v) is 1.92. The van der Waals surface area contributed by atoms with E-state index in [4.69, 9.17) is 9.47 Å². The molecule has 7 heteroatoms. The molecule has 0 aliphatic rings. The summed E-state index contributed by atoms with van der Waals surface area (Å²) in [5.74, 6) is 0.360. The van der Waals surface area contributed by atoms with E-state index in [9.17, 15) is 9.59 Å². The lowest BCUT2D eigenvalue weighted by atomic mass is 9.91. The summed E-state index contributed by atoms with van der Waals surface area (Å²) >= 11 is 0. The van der Waals surface area contributed by atoms with Gasteiger partial charge < -0.3 is 25.0 Å². The third kappa shape index (κ3) is 5.13. The van der Waals surface area contributed by atoms with Gasteiger partial charge in [-0.05, 0) is 40.1 Å². The number of nitrogens with one attached hydrogen (secondary N) is 2. The molecule has 0 spiro atoms. The van der Waals surface area contributed by atoms with E-state index >= 15 is 0 Å². The third-order valence-corrected chi connectivity index (χ3v) is 3.62. The Hall–Kier alpha value is -2.28. The summed E-state index contributed by atoms with van der Waals surface area (Å²) in [4.78, 5) is 26.7. The van der Waals surface area contributed by atoms with Crippen LogP contribution >= 0.6 is 0 Å². The summed E-state index contributed by atoms with van der Waals surface area (Å²) in [5.41, 5.74) is -0.661. The minimum atomic E-state index is -1.19. The van der Waals surface area contributed by atoms with Crippen molar-refractivity contribution >= 4 is 17.5 Å². The number of anilines is 1. The van der Waals surface area contributed by atoms with Crippen molar-refractivity contribution in [2.45, 2.75) is 13.8 Å². The van der Waals surface area contributed by atoms with E-state index in [-0.39, 0.29) is 5.91 Å². The molecule has 0 fully saturated rings. The molecular weight excluding hydrogens is 310 g/mol. The van der Waals surface area contributed by atoms with Crippen molar-refractivity contribution in [1.82, 2.24) is 10.2 Å². The maximum absolute atomic E-state index is 12.5. The second kappa shape index (κ2) is 8.54. The molecule has 1 aromatic carbocycles. The van der Waals surface area contributed by atoms with E-state index in [1.807, 2.05) is 19.0 Å². The molecule has 0 atom stereocenters. The number of methoxy groups -OCH3 is 2. The van der Waals surface area contributed by atoms with Gasteiger partial charge in [0, 0.05) is 24.8 Å². The van der Waals surface area contributed by atoms with E-state index in [2.05, 4.69) is 10.6 Å². The molecule has 0 saturated heterocycles. The van der Waals surface area contributed by atoms with Gasteiger partial charge in [-0.1, -0.05) is 0 Å². The van der Waals surface area contributed by atoms with Crippen molar-refractivity contribution in [3.63, 3.8) is 0 Å². The maximum atomic E-state index is 12.5. The molecule has 0 aliphatic carbocycles. The number of carbonyl (C=O) groups excluding carboxylic acids is 2. The van der Waals surface area contributed by atoms with E-state index in [0.717, 1.165) is 0 Å². The van der Waals surface area contributed by atoms with Gasteiger partial charge in [-0.25, -0.2) is 0 Å². The van der Waals surface area contributed by atoms with Gasteiger partial charge in [0.15, 0.2) is 11.5 Å². The summed E-state index contributed by atoms with van der Waals surface area (Å²) in [5, 5.41) is 5.52. The number of amides is 2. The summed E-state index contributed by atoms with van der Waals surface area (Å²) in [7, 11) is 6.89. The number of nitrogens with zero attached hydrogens (tertiary/aromatic N) is 1. The van der Waals surface area contributed by atoms with Gasteiger partial charge in [-0.15, -0.1) is 0 Å². The summed E-state index contributed by atoms with van der Waals surface area (Å²) in [6.45, 7) is 4.38. The SMILES string of the molecule is COc1ccc(NC(=O)C(C)(C)C(=O)NCCN(C)C)cc1OC. The molecule has 0 radical (unpaired) electrons. The zero-order valence-electron chi connectivity index (χ0n) is 15.2. The molecule has 1 rings (SSSR count). The van der Waals surface area contributed by atoms with Crippen LogP contribution in [-0.4, -0.2) is 58.1 Å². The Balaban J connectivity index is 2.76. The number of carbonyl (C=O) groups is 2. The first-order valence-electron chi connectivity index (χ1n) is 7.69. The van der Waals surface area contributed by atoms with Crippen LogP contribution in [0.15, 0.2) is 18.2 Å². The van der Waals surface area contributed by atoms with Crippen LogP contribution in [0.1, 0.15) is 13.8 Å². The molecule has 7 nitrogen and oxygen atoms in total. The molecule has 2 amide bonds. The molecule has 0 aliphatic heterocycles. The topological polar surface area (TPSA) is 79.9 Å². The van der Waals surface area contributed by atoms with Crippen molar-refractivity contribution in [1.29, 1.82) is 0 Å². The lowest BCUT2D eigenvalue weighted by Crippen LogP contribution is -2.46.